The topological polar surface area (TPSA) is 63.3 Å². The number of aromatic nitrogens is 2. The van der Waals surface area contributed by atoms with Crippen LogP contribution in [0.3, 0.4) is 0 Å². The normalized spacial score (nSPS) is 21.1. The highest BCUT2D eigenvalue weighted by Crippen LogP contribution is 2.29. The number of hydrogen-bond acceptors (Lipinski definition) is 4. The third kappa shape index (κ3) is 3.49. The molecule has 1 aliphatic heterocycles. The maximum absolute atomic E-state index is 12.6. The Hall–Kier alpha value is -2.08. The number of hydrogen-bond donors (Lipinski definition) is 1. The first-order chi connectivity index (χ1) is 12.2. The molecule has 0 aromatic carbocycles. The van der Waals surface area contributed by atoms with Gasteiger partial charge in [0.2, 0.25) is 0 Å². The Bertz CT molecular complexity index is 742. The molecule has 2 aromatic heterocycles. The van der Waals surface area contributed by atoms with Gasteiger partial charge >= 0.3 is 0 Å². The molecule has 1 aliphatic carbocycles. The van der Waals surface area contributed by atoms with Crippen LogP contribution in [-0.2, 0) is 20.0 Å². The van der Waals surface area contributed by atoms with E-state index in [1.54, 1.807) is 6.07 Å². The number of rotatable bonds is 4. The van der Waals surface area contributed by atoms with E-state index in [-0.39, 0.29) is 11.9 Å². The molecule has 6 nitrogen and oxygen atoms in total. The Kier molecular flexibility index (Phi) is 4.61. The maximum atomic E-state index is 12.6. The largest absolute Gasteiger partial charge is 0.455 e. The van der Waals surface area contributed by atoms with E-state index in [0.29, 0.717) is 5.76 Å². The van der Waals surface area contributed by atoms with E-state index in [1.165, 1.54) is 25.0 Å². The summed E-state index contributed by atoms with van der Waals surface area (Å²) in [4.78, 5) is 15.0. The molecule has 1 atom stereocenters. The lowest BCUT2D eigenvalue weighted by atomic mass is 9.93. The summed E-state index contributed by atoms with van der Waals surface area (Å²) in [6, 6.07) is 3.75. The smallest absolute Gasteiger partial charge is 0.287 e. The second-order valence-electron chi connectivity index (χ2n) is 7.19. The fraction of sp³-hybridized carbons (Fsp3) is 0.579. The summed E-state index contributed by atoms with van der Waals surface area (Å²) < 4.78 is 7.72. The van der Waals surface area contributed by atoms with E-state index in [9.17, 15) is 4.79 Å². The minimum absolute atomic E-state index is 0.0283. The van der Waals surface area contributed by atoms with Crippen LogP contribution in [0, 0.1) is 0 Å². The SMILES string of the molecule is Cn1ncc2c1CCCC2NC(=O)c1ccc(CN2CCCCC2)o1. The van der Waals surface area contributed by atoms with Gasteiger partial charge in [-0.25, -0.2) is 0 Å². The predicted octanol–water partition coefficient (Wildman–Crippen LogP) is 2.81. The fourth-order valence-corrected chi connectivity index (χ4v) is 4.01. The Balaban J connectivity index is 1.40. The molecular weight excluding hydrogens is 316 g/mol. The summed E-state index contributed by atoms with van der Waals surface area (Å²) in [6.07, 6.45) is 8.75. The van der Waals surface area contributed by atoms with E-state index in [0.717, 1.165) is 50.2 Å². The lowest BCUT2D eigenvalue weighted by Gasteiger charge is -2.25. The van der Waals surface area contributed by atoms with Crippen LogP contribution in [0.25, 0.3) is 0 Å². The summed E-state index contributed by atoms with van der Waals surface area (Å²) in [7, 11) is 1.96. The van der Waals surface area contributed by atoms with E-state index < -0.39 is 0 Å². The lowest BCUT2D eigenvalue weighted by molar-refractivity contribution is 0.0900. The van der Waals surface area contributed by atoms with Crippen molar-refractivity contribution < 1.29 is 9.21 Å². The van der Waals surface area contributed by atoms with Gasteiger partial charge in [-0.2, -0.15) is 5.10 Å². The van der Waals surface area contributed by atoms with Gasteiger partial charge in [0.05, 0.1) is 18.8 Å². The molecule has 1 unspecified atom stereocenters. The minimum Gasteiger partial charge on any atom is -0.455 e. The molecule has 0 spiro atoms. The molecule has 4 rings (SSSR count). The van der Waals surface area contributed by atoms with Crippen LogP contribution in [0.15, 0.2) is 22.7 Å². The molecule has 3 heterocycles. The zero-order chi connectivity index (χ0) is 17.2. The Morgan fingerprint density at radius 1 is 1.28 bits per heavy atom. The van der Waals surface area contributed by atoms with Crippen molar-refractivity contribution in [3.63, 3.8) is 0 Å². The average molecular weight is 342 g/mol. The van der Waals surface area contributed by atoms with Crippen LogP contribution in [0.5, 0.6) is 0 Å². The van der Waals surface area contributed by atoms with Crippen molar-refractivity contribution >= 4 is 5.91 Å². The lowest BCUT2D eigenvalue weighted by Crippen LogP contribution is -2.30. The highest BCUT2D eigenvalue weighted by molar-refractivity contribution is 5.91. The number of amides is 1. The van der Waals surface area contributed by atoms with Crippen LogP contribution in [0.1, 0.15) is 65.7 Å². The molecule has 0 bridgehead atoms. The number of carbonyl (C=O) groups is 1. The molecule has 2 aliphatic rings. The highest BCUT2D eigenvalue weighted by atomic mass is 16.4. The van der Waals surface area contributed by atoms with Gasteiger partial charge < -0.3 is 9.73 Å². The highest BCUT2D eigenvalue weighted by Gasteiger charge is 2.26. The first-order valence-corrected chi connectivity index (χ1v) is 9.33. The number of aryl methyl sites for hydroxylation is 1. The summed E-state index contributed by atoms with van der Waals surface area (Å²) in [5.41, 5.74) is 2.36. The van der Waals surface area contributed by atoms with Crippen molar-refractivity contribution in [1.29, 1.82) is 0 Å². The number of nitrogens with zero attached hydrogens (tertiary/aromatic N) is 3. The van der Waals surface area contributed by atoms with Gasteiger partial charge in [0, 0.05) is 18.3 Å². The summed E-state index contributed by atoms with van der Waals surface area (Å²) in [5, 5.41) is 7.46. The van der Waals surface area contributed by atoms with Crippen molar-refractivity contribution in [2.45, 2.75) is 51.1 Å². The number of nitrogens with one attached hydrogen (secondary N) is 1. The van der Waals surface area contributed by atoms with Gasteiger partial charge in [-0.05, 0) is 57.3 Å². The molecular formula is C19H26N4O2. The molecule has 1 saturated heterocycles. The van der Waals surface area contributed by atoms with Crippen LogP contribution in [0.2, 0.25) is 0 Å². The third-order valence-corrected chi connectivity index (χ3v) is 5.39. The number of likely N-dealkylation sites (tertiary alicyclic amines) is 1. The van der Waals surface area contributed by atoms with E-state index in [2.05, 4.69) is 15.3 Å². The fourth-order valence-electron chi connectivity index (χ4n) is 4.01. The van der Waals surface area contributed by atoms with Gasteiger partial charge in [-0.15, -0.1) is 0 Å². The van der Waals surface area contributed by atoms with Crippen molar-refractivity contribution in [3.05, 3.63) is 41.1 Å². The molecule has 1 N–H and O–H groups in total. The molecule has 25 heavy (non-hydrogen) atoms. The number of furan rings is 1. The van der Waals surface area contributed by atoms with Crippen LogP contribution in [0.4, 0.5) is 0 Å². The summed E-state index contributed by atoms with van der Waals surface area (Å²) in [6.45, 7) is 3.03. The van der Waals surface area contributed by atoms with Gasteiger partial charge in [-0.1, -0.05) is 6.42 Å². The van der Waals surface area contributed by atoms with Crippen LogP contribution < -0.4 is 5.32 Å². The van der Waals surface area contributed by atoms with Crippen molar-refractivity contribution in [2.75, 3.05) is 13.1 Å². The predicted molar refractivity (Wildman–Crippen MR) is 94.2 cm³/mol. The Labute approximate surface area is 148 Å². The van der Waals surface area contributed by atoms with Gasteiger partial charge in [-0.3, -0.25) is 14.4 Å². The Morgan fingerprint density at radius 2 is 2.12 bits per heavy atom. The second kappa shape index (κ2) is 7.04. The van der Waals surface area contributed by atoms with Crippen LogP contribution in [-0.4, -0.2) is 33.7 Å². The van der Waals surface area contributed by atoms with Crippen molar-refractivity contribution in [3.8, 4) is 0 Å². The van der Waals surface area contributed by atoms with E-state index in [4.69, 9.17) is 4.42 Å². The molecule has 134 valence electrons. The molecule has 0 radical (unpaired) electrons. The molecule has 0 saturated carbocycles. The van der Waals surface area contributed by atoms with Gasteiger partial charge in [0.15, 0.2) is 5.76 Å². The van der Waals surface area contributed by atoms with Gasteiger partial charge in [0.25, 0.3) is 5.91 Å². The number of piperidine rings is 1. The average Bonchev–Trinajstić information content (AvgIpc) is 3.24. The number of fused-ring (bicyclic) bond motifs is 1. The van der Waals surface area contributed by atoms with E-state index >= 15 is 0 Å². The minimum atomic E-state index is -0.133. The van der Waals surface area contributed by atoms with E-state index in [1.807, 2.05) is 24.0 Å². The van der Waals surface area contributed by atoms with Crippen molar-refractivity contribution in [2.24, 2.45) is 7.05 Å². The van der Waals surface area contributed by atoms with Crippen molar-refractivity contribution in [1.82, 2.24) is 20.0 Å². The monoisotopic (exact) mass is 342 g/mol. The first kappa shape index (κ1) is 16.4. The summed E-state index contributed by atoms with van der Waals surface area (Å²) >= 11 is 0. The van der Waals surface area contributed by atoms with Crippen LogP contribution >= 0.6 is 0 Å². The molecule has 1 amide bonds. The zero-order valence-corrected chi connectivity index (χ0v) is 14.8. The zero-order valence-electron chi connectivity index (χ0n) is 14.8. The molecule has 2 aromatic rings. The standard InChI is InChI=1S/C19H26N4O2/c1-22-17-7-5-6-16(15(17)12-20-22)21-19(24)18-9-8-14(25-18)13-23-10-3-2-4-11-23/h8-9,12,16H,2-7,10-11,13H2,1H3,(H,21,24). The summed E-state index contributed by atoms with van der Waals surface area (Å²) in [5.74, 6) is 1.15. The van der Waals surface area contributed by atoms with Gasteiger partial charge in [0.1, 0.15) is 5.76 Å². The molecule has 1 fully saturated rings. The first-order valence-electron chi connectivity index (χ1n) is 9.33. The number of carbonyl (C=O) groups excluding carboxylic acids is 1. The third-order valence-electron chi connectivity index (χ3n) is 5.39. The molecule has 6 heteroatoms. The Morgan fingerprint density at radius 3 is 2.96 bits per heavy atom. The second-order valence-corrected chi connectivity index (χ2v) is 7.19. The maximum Gasteiger partial charge on any atom is 0.287 e. The quantitative estimate of drug-likeness (QED) is 0.928.